The molecule has 0 saturated carbocycles. The Morgan fingerprint density at radius 1 is 1.17 bits per heavy atom. The fourth-order valence-electron chi connectivity index (χ4n) is 2.09. The Bertz CT molecular complexity index is 891. The van der Waals surface area contributed by atoms with Gasteiger partial charge in [0.2, 0.25) is 5.91 Å². The first-order chi connectivity index (χ1) is 11.5. The number of Topliss-reactive ketones (excluding diaryl/α,β-unsaturated/α-hetero) is 1. The van der Waals surface area contributed by atoms with Crippen molar-refractivity contribution in [1.82, 2.24) is 19.9 Å². The Morgan fingerprint density at radius 3 is 2.62 bits per heavy atom. The quantitative estimate of drug-likeness (QED) is 0.420. The zero-order chi connectivity index (χ0) is 17.1. The van der Waals surface area contributed by atoms with Gasteiger partial charge in [-0.15, -0.1) is 0 Å². The molecule has 1 atom stereocenters. The molecular formula is C16H15N5O2S. The van der Waals surface area contributed by atoms with Gasteiger partial charge in [-0.05, 0) is 38.1 Å². The zero-order valence-electron chi connectivity index (χ0n) is 13.1. The lowest BCUT2D eigenvalue weighted by molar-refractivity contribution is -0.115. The minimum Gasteiger partial charge on any atom is -0.341 e. The topological polar surface area (TPSA) is 101 Å². The molecule has 2 heterocycles. The predicted octanol–water partition coefficient (Wildman–Crippen LogP) is 2.67. The van der Waals surface area contributed by atoms with E-state index in [0.717, 1.165) is 0 Å². The average Bonchev–Trinajstić information content (AvgIpc) is 3.05. The monoisotopic (exact) mass is 341 g/mol. The number of nitrogens with zero attached hydrogens (tertiary/aromatic N) is 3. The molecule has 1 aromatic carbocycles. The highest BCUT2D eigenvalue weighted by Gasteiger charge is 2.18. The smallest absolute Gasteiger partial charge is 0.237 e. The molecule has 3 rings (SSSR count). The first-order valence-corrected chi connectivity index (χ1v) is 8.15. The zero-order valence-corrected chi connectivity index (χ0v) is 13.9. The highest BCUT2D eigenvalue weighted by atomic mass is 32.2. The van der Waals surface area contributed by atoms with Gasteiger partial charge in [0.15, 0.2) is 11.4 Å². The van der Waals surface area contributed by atoms with E-state index >= 15 is 0 Å². The van der Waals surface area contributed by atoms with Crippen LogP contribution in [0, 0.1) is 0 Å². The molecular weight excluding hydrogens is 326 g/mol. The van der Waals surface area contributed by atoms with Gasteiger partial charge in [0.05, 0.1) is 11.6 Å². The fraction of sp³-hybridized carbons (Fsp3) is 0.188. The minimum absolute atomic E-state index is 0.0101. The van der Waals surface area contributed by atoms with Crippen molar-refractivity contribution in [3.8, 4) is 0 Å². The number of nitrogens with one attached hydrogen (secondary N) is 2. The standard InChI is InChI=1S/C16H15N5O2S/c1-9(22)11-3-5-12(6-4-11)21-15(23)10(2)24-16-13-14(18-7-17-13)19-8-20-16/h3-8,10H,1-2H3,(H,21,23)(H,17,18,19,20)/t10-/m0/s1. The van der Waals surface area contributed by atoms with E-state index in [0.29, 0.717) is 27.4 Å². The first kappa shape index (κ1) is 16.1. The first-order valence-electron chi connectivity index (χ1n) is 7.27. The van der Waals surface area contributed by atoms with Crippen molar-refractivity contribution >= 4 is 40.3 Å². The normalized spacial score (nSPS) is 12.1. The maximum atomic E-state index is 12.3. The van der Waals surface area contributed by atoms with Gasteiger partial charge < -0.3 is 10.3 Å². The van der Waals surface area contributed by atoms with E-state index in [-0.39, 0.29) is 16.9 Å². The van der Waals surface area contributed by atoms with Crippen molar-refractivity contribution in [1.29, 1.82) is 0 Å². The summed E-state index contributed by atoms with van der Waals surface area (Å²) in [6, 6.07) is 6.80. The molecule has 0 unspecified atom stereocenters. The van der Waals surface area contributed by atoms with Crippen molar-refractivity contribution < 1.29 is 9.59 Å². The molecule has 0 fully saturated rings. The summed E-state index contributed by atoms with van der Waals surface area (Å²) in [7, 11) is 0. The number of hydrogen-bond donors (Lipinski definition) is 2. The van der Waals surface area contributed by atoms with Crippen LogP contribution in [0.25, 0.3) is 11.2 Å². The van der Waals surface area contributed by atoms with Crippen LogP contribution in [-0.2, 0) is 4.79 Å². The number of rotatable bonds is 5. The molecule has 2 N–H and O–H groups in total. The van der Waals surface area contributed by atoms with Gasteiger partial charge in [0.1, 0.15) is 16.9 Å². The molecule has 0 aliphatic rings. The Labute approximate surface area is 142 Å². The predicted molar refractivity (Wildman–Crippen MR) is 92.1 cm³/mol. The lowest BCUT2D eigenvalue weighted by Gasteiger charge is -2.12. The summed E-state index contributed by atoms with van der Waals surface area (Å²) >= 11 is 1.32. The summed E-state index contributed by atoms with van der Waals surface area (Å²) < 4.78 is 0. The van der Waals surface area contributed by atoms with Crippen LogP contribution >= 0.6 is 11.8 Å². The Morgan fingerprint density at radius 2 is 1.92 bits per heavy atom. The average molecular weight is 341 g/mol. The van der Waals surface area contributed by atoms with Gasteiger partial charge in [-0.1, -0.05) is 11.8 Å². The van der Waals surface area contributed by atoms with Crippen LogP contribution in [0.3, 0.4) is 0 Å². The minimum atomic E-state index is -0.362. The molecule has 24 heavy (non-hydrogen) atoms. The number of amides is 1. The van der Waals surface area contributed by atoms with E-state index in [1.807, 2.05) is 0 Å². The van der Waals surface area contributed by atoms with Crippen LogP contribution in [0.15, 0.2) is 41.9 Å². The number of imidazole rings is 1. The van der Waals surface area contributed by atoms with Crippen molar-refractivity contribution in [3.63, 3.8) is 0 Å². The molecule has 0 saturated heterocycles. The number of hydrogen-bond acceptors (Lipinski definition) is 6. The molecule has 8 heteroatoms. The van der Waals surface area contributed by atoms with Gasteiger partial charge in [0.25, 0.3) is 0 Å². The molecule has 3 aromatic rings. The van der Waals surface area contributed by atoms with E-state index < -0.39 is 0 Å². The van der Waals surface area contributed by atoms with Gasteiger partial charge in [-0.25, -0.2) is 15.0 Å². The van der Waals surface area contributed by atoms with Crippen LogP contribution < -0.4 is 5.32 Å². The number of thioether (sulfide) groups is 1. The van der Waals surface area contributed by atoms with Crippen LogP contribution in [0.2, 0.25) is 0 Å². The SMILES string of the molecule is CC(=O)c1ccc(NC(=O)[C@H](C)Sc2ncnc3nc[nH]c23)cc1. The summed E-state index contributed by atoms with van der Waals surface area (Å²) in [5.74, 6) is -0.161. The van der Waals surface area contributed by atoms with Gasteiger partial charge in [0, 0.05) is 11.3 Å². The van der Waals surface area contributed by atoms with Crippen LogP contribution in [0.4, 0.5) is 5.69 Å². The largest absolute Gasteiger partial charge is 0.341 e. The Hall–Kier alpha value is -2.74. The third kappa shape index (κ3) is 3.43. The van der Waals surface area contributed by atoms with Gasteiger partial charge in [-0.2, -0.15) is 0 Å². The summed E-state index contributed by atoms with van der Waals surface area (Å²) in [5.41, 5.74) is 2.54. The van der Waals surface area contributed by atoms with Gasteiger partial charge >= 0.3 is 0 Å². The molecule has 0 bridgehead atoms. The van der Waals surface area contributed by atoms with Gasteiger partial charge in [-0.3, -0.25) is 9.59 Å². The molecule has 0 spiro atoms. The second-order valence-electron chi connectivity index (χ2n) is 5.16. The van der Waals surface area contributed by atoms with E-state index in [4.69, 9.17) is 0 Å². The summed E-state index contributed by atoms with van der Waals surface area (Å²) in [6.07, 6.45) is 2.97. The fourth-order valence-corrected chi connectivity index (χ4v) is 2.96. The van der Waals surface area contributed by atoms with E-state index in [2.05, 4.69) is 25.3 Å². The lowest BCUT2D eigenvalue weighted by Crippen LogP contribution is -2.22. The second kappa shape index (κ2) is 6.79. The molecule has 1 amide bonds. The summed E-state index contributed by atoms with van der Waals surface area (Å²) in [5, 5.41) is 3.14. The highest BCUT2D eigenvalue weighted by molar-refractivity contribution is 8.00. The number of aromatic nitrogens is 4. The highest BCUT2D eigenvalue weighted by Crippen LogP contribution is 2.26. The Kier molecular flexibility index (Phi) is 4.57. The Balaban J connectivity index is 1.68. The maximum Gasteiger partial charge on any atom is 0.237 e. The maximum absolute atomic E-state index is 12.3. The summed E-state index contributed by atoms with van der Waals surface area (Å²) in [6.45, 7) is 3.30. The van der Waals surface area contributed by atoms with Crippen LogP contribution in [0.5, 0.6) is 0 Å². The van der Waals surface area contributed by atoms with Crippen molar-refractivity contribution in [3.05, 3.63) is 42.5 Å². The third-order valence-electron chi connectivity index (χ3n) is 3.40. The number of aromatic amines is 1. The van der Waals surface area contributed by atoms with E-state index in [9.17, 15) is 9.59 Å². The van der Waals surface area contributed by atoms with Crippen molar-refractivity contribution in [2.75, 3.05) is 5.32 Å². The van der Waals surface area contributed by atoms with E-state index in [1.165, 1.54) is 25.0 Å². The third-order valence-corrected chi connectivity index (χ3v) is 4.51. The lowest BCUT2D eigenvalue weighted by atomic mass is 10.1. The van der Waals surface area contributed by atoms with E-state index in [1.54, 1.807) is 37.5 Å². The number of benzene rings is 1. The van der Waals surface area contributed by atoms with Crippen molar-refractivity contribution in [2.45, 2.75) is 24.1 Å². The number of ketones is 1. The van der Waals surface area contributed by atoms with Crippen LogP contribution in [0.1, 0.15) is 24.2 Å². The molecule has 0 radical (unpaired) electrons. The molecule has 7 nitrogen and oxygen atoms in total. The second-order valence-corrected chi connectivity index (χ2v) is 6.49. The molecule has 0 aliphatic carbocycles. The number of carbonyl (C=O) groups excluding carboxylic acids is 2. The molecule has 2 aromatic heterocycles. The van der Waals surface area contributed by atoms with Crippen LogP contribution in [-0.4, -0.2) is 36.9 Å². The van der Waals surface area contributed by atoms with Crippen molar-refractivity contribution in [2.24, 2.45) is 0 Å². The number of carbonyl (C=O) groups is 2. The molecule has 0 aliphatic heterocycles. The number of anilines is 1. The molecule has 122 valence electrons. The summed E-state index contributed by atoms with van der Waals surface area (Å²) in [4.78, 5) is 38.9. The number of fused-ring (bicyclic) bond motifs is 1. The number of H-pyrrole nitrogens is 1.